The first-order valence-electron chi connectivity index (χ1n) is 6.06. The largest absolute Gasteiger partial charge is 0.319 e. The summed E-state index contributed by atoms with van der Waals surface area (Å²) in [6.45, 7) is 1.27. The number of rotatable bonds is 2. The van der Waals surface area contributed by atoms with E-state index in [-0.39, 0.29) is 0 Å². The molecule has 1 nitrogen and oxygen atoms in total. The molecule has 2 fully saturated rings. The summed E-state index contributed by atoms with van der Waals surface area (Å²) >= 11 is 0. The van der Waals surface area contributed by atoms with Crippen LogP contribution in [0.15, 0.2) is 0 Å². The Balaban J connectivity index is 1.94. The maximum atomic E-state index is 3.37. The van der Waals surface area contributed by atoms with Crippen LogP contribution in [0.5, 0.6) is 0 Å². The van der Waals surface area contributed by atoms with Gasteiger partial charge in [-0.1, -0.05) is 32.1 Å². The van der Waals surface area contributed by atoms with Crippen molar-refractivity contribution >= 4 is 0 Å². The third-order valence-corrected chi connectivity index (χ3v) is 4.19. The molecule has 76 valence electrons. The van der Waals surface area contributed by atoms with Gasteiger partial charge in [-0.2, -0.15) is 0 Å². The van der Waals surface area contributed by atoms with Gasteiger partial charge < -0.3 is 5.32 Å². The summed E-state index contributed by atoms with van der Waals surface area (Å²) in [5.74, 6) is 3.18. The van der Waals surface area contributed by atoms with E-state index in [1.807, 2.05) is 0 Å². The predicted octanol–water partition coefficient (Wildman–Crippen LogP) is 2.81. The molecule has 0 bridgehead atoms. The minimum Gasteiger partial charge on any atom is -0.319 e. The molecule has 0 aromatic heterocycles. The smallest absolute Gasteiger partial charge is 0.00208 e. The molecule has 0 aromatic carbocycles. The van der Waals surface area contributed by atoms with E-state index in [9.17, 15) is 0 Å². The van der Waals surface area contributed by atoms with Crippen molar-refractivity contribution < 1.29 is 0 Å². The van der Waals surface area contributed by atoms with E-state index >= 15 is 0 Å². The third-order valence-electron chi connectivity index (χ3n) is 4.19. The monoisotopic (exact) mass is 181 g/mol. The van der Waals surface area contributed by atoms with Crippen LogP contribution in [0.3, 0.4) is 0 Å². The summed E-state index contributed by atoms with van der Waals surface area (Å²) in [6.07, 6.45) is 10.6. The van der Waals surface area contributed by atoms with Crippen LogP contribution < -0.4 is 5.32 Å². The van der Waals surface area contributed by atoms with Crippen LogP contribution in [-0.4, -0.2) is 13.6 Å². The number of fused-ring (bicyclic) bond motifs is 1. The highest BCUT2D eigenvalue weighted by atomic mass is 14.8. The first kappa shape index (κ1) is 9.51. The fourth-order valence-corrected chi connectivity index (χ4v) is 3.59. The molecule has 2 aliphatic carbocycles. The number of hydrogen-bond acceptors (Lipinski definition) is 1. The second-order valence-electron chi connectivity index (χ2n) is 4.96. The summed E-state index contributed by atoms with van der Waals surface area (Å²) < 4.78 is 0. The van der Waals surface area contributed by atoms with Crippen molar-refractivity contribution in [1.82, 2.24) is 5.32 Å². The van der Waals surface area contributed by atoms with E-state index in [4.69, 9.17) is 0 Å². The predicted molar refractivity (Wildman–Crippen MR) is 56.7 cm³/mol. The molecule has 2 saturated carbocycles. The molecule has 0 radical (unpaired) electrons. The third kappa shape index (κ3) is 2.07. The molecule has 3 unspecified atom stereocenters. The molecule has 1 N–H and O–H groups in total. The Morgan fingerprint density at radius 3 is 2.62 bits per heavy atom. The van der Waals surface area contributed by atoms with Crippen LogP contribution in [0.25, 0.3) is 0 Å². The van der Waals surface area contributed by atoms with Gasteiger partial charge in [0.05, 0.1) is 0 Å². The van der Waals surface area contributed by atoms with Gasteiger partial charge in [-0.05, 0) is 44.2 Å². The molecule has 2 aliphatic rings. The van der Waals surface area contributed by atoms with Crippen molar-refractivity contribution in [3.63, 3.8) is 0 Å². The first-order chi connectivity index (χ1) is 6.42. The lowest BCUT2D eigenvalue weighted by Crippen LogP contribution is -2.35. The highest BCUT2D eigenvalue weighted by Gasteiger charge is 2.33. The van der Waals surface area contributed by atoms with E-state index < -0.39 is 0 Å². The molecular weight excluding hydrogens is 158 g/mol. The van der Waals surface area contributed by atoms with E-state index in [1.54, 1.807) is 0 Å². The Kier molecular flexibility index (Phi) is 3.26. The van der Waals surface area contributed by atoms with Gasteiger partial charge in [0.15, 0.2) is 0 Å². The topological polar surface area (TPSA) is 12.0 Å². The average Bonchev–Trinajstić information content (AvgIpc) is 2.19. The van der Waals surface area contributed by atoms with E-state index in [1.165, 1.54) is 51.5 Å². The molecular formula is C12H23N. The zero-order chi connectivity index (χ0) is 9.10. The fraction of sp³-hybridized carbons (Fsp3) is 1.00. The average molecular weight is 181 g/mol. The van der Waals surface area contributed by atoms with Gasteiger partial charge in [-0.25, -0.2) is 0 Å². The standard InChI is InChI=1S/C12H23N/c1-13-9-11-7-4-6-10-5-2-3-8-12(10)11/h10-13H,2-9H2,1H3. The Bertz CT molecular complexity index is 151. The lowest BCUT2D eigenvalue weighted by molar-refractivity contribution is 0.104. The second-order valence-corrected chi connectivity index (χ2v) is 4.96. The molecule has 3 atom stereocenters. The van der Waals surface area contributed by atoms with Crippen LogP contribution in [-0.2, 0) is 0 Å². The van der Waals surface area contributed by atoms with Gasteiger partial charge in [-0.15, -0.1) is 0 Å². The molecule has 0 amide bonds. The lowest BCUT2D eigenvalue weighted by atomic mass is 9.65. The van der Waals surface area contributed by atoms with E-state index in [0.29, 0.717) is 0 Å². The van der Waals surface area contributed by atoms with Gasteiger partial charge in [0.25, 0.3) is 0 Å². The van der Waals surface area contributed by atoms with Crippen molar-refractivity contribution in [3.05, 3.63) is 0 Å². The highest BCUT2D eigenvalue weighted by Crippen LogP contribution is 2.43. The van der Waals surface area contributed by atoms with E-state index in [0.717, 1.165) is 17.8 Å². The maximum absolute atomic E-state index is 3.37. The number of hydrogen-bond donors (Lipinski definition) is 1. The van der Waals surface area contributed by atoms with Crippen molar-refractivity contribution in [3.8, 4) is 0 Å². The maximum Gasteiger partial charge on any atom is -0.00208 e. The molecule has 2 rings (SSSR count). The van der Waals surface area contributed by atoms with E-state index in [2.05, 4.69) is 12.4 Å². The van der Waals surface area contributed by atoms with Crippen molar-refractivity contribution in [2.45, 2.75) is 44.9 Å². The molecule has 0 spiro atoms. The lowest BCUT2D eigenvalue weighted by Gasteiger charge is -2.41. The molecule has 0 saturated heterocycles. The van der Waals surface area contributed by atoms with Crippen LogP contribution in [0.4, 0.5) is 0 Å². The van der Waals surface area contributed by atoms with Gasteiger partial charge in [0.1, 0.15) is 0 Å². The normalized spacial score (nSPS) is 39.9. The number of nitrogens with one attached hydrogen (secondary N) is 1. The quantitative estimate of drug-likeness (QED) is 0.690. The molecule has 0 heterocycles. The Hall–Kier alpha value is -0.0400. The van der Waals surface area contributed by atoms with Gasteiger partial charge >= 0.3 is 0 Å². The van der Waals surface area contributed by atoms with Gasteiger partial charge in [0.2, 0.25) is 0 Å². The first-order valence-corrected chi connectivity index (χ1v) is 6.06. The molecule has 0 aliphatic heterocycles. The summed E-state index contributed by atoms with van der Waals surface area (Å²) in [7, 11) is 2.10. The zero-order valence-electron chi connectivity index (χ0n) is 8.89. The molecule has 0 aromatic rings. The Morgan fingerprint density at radius 2 is 1.77 bits per heavy atom. The Labute approximate surface area is 82.3 Å². The zero-order valence-corrected chi connectivity index (χ0v) is 8.89. The van der Waals surface area contributed by atoms with Crippen molar-refractivity contribution in [2.24, 2.45) is 17.8 Å². The van der Waals surface area contributed by atoms with Gasteiger partial charge in [-0.3, -0.25) is 0 Å². The minimum absolute atomic E-state index is 1.00. The Morgan fingerprint density at radius 1 is 1.00 bits per heavy atom. The fourth-order valence-electron chi connectivity index (χ4n) is 3.59. The van der Waals surface area contributed by atoms with Gasteiger partial charge in [0, 0.05) is 0 Å². The van der Waals surface area contributed by atoms with Crippen LogP contribution >= 0.6 is 0 Å². The summed E-state index contributed by atoms with van der Waals surface area (Å²) in [6, 6.07) is 0. The summed E-state index contributed by atoms with van der Waals surface area (Å²) in [5, 5.41) is 3.37. The van der Waals surface area contributed by atoms with Crippen molar-refractivity contribution in [2.75, 3.05) is 13.6 Å². The molecule has 1 heteroatoms. The minimum atomic E-state index is 1.00. The summed E-state index contributed by atoms with van der Waals surface area (Å²) in [5.41, 5.74) is 0. The van der Waals surface area contributed by atoms with Crippen LogP contribution in [0, 0.1) is 17.8 Å². The second kappa shape index (κ2) is 4.45. The highest BCUT2D eigenvalue weighted by molar-refractivity contribution is 4.85. The van der Waals surface area contributed by atoms with Crippen LogP contribution in [0.2, 0.25) is 0 Å². The summed E-state index contributed by atoms with van der Waals surface area (Å²) in [4.78, 5) is 0. The van der Waals surface area contributed by atoms with Crippen LogP contribution in [0.1, 0.15) is 44.9 Å². The SMILES string of the molecule is CNCC1CCCC2CCCCC21. The van der Waals surface area contributed by atoms with Crippen molar-refractivity contribution in [1.29, 1.82) is 0 Å². The molecule has 13 heavy (non-hydrogen) atoms.